The van der Waals surface area contributed by atoms with E-state index in [0.29, 0.717) is 13.0 Å². The summed E-state index contributed by atoms with van der Waals surface area (Å²) >= 11 is 0. The van der Waals surface area contributed by atoms with Crippen LogP contribution in [0.4, 0.5) is 0 Å². The van der Waals surface area contributed by atoms with Crippen LogP contribution in [0.2, 0.25) is 0 Å². The van der Waals surface area contributed by atoms with Crippen LogP contribution in [-0.2, 0) is 13.0 Å². The smallest absolute Gasteiger partial charge is 0.182 e. The van der Waals surface area contributed by atoms with Crippen LogP contribution in [0.15, 0.2) is 18.2 Å². The summed E-state index contributed by atoms with van der Waals surface area (Å²) in [6.45, 7) is 0.449. The number of aliphatic hydroxyl groups is 2. The number of hydrogen-bond acceptors (Lipinski definition) is 5. The summed E-state index contributed by atoms with van der Waals surface area (Å²) in [5, 5.41) is 29.7. The van der Waals surface area contributed by atoms with Gasteiger partial charge in [-0.15, -0.1) is 5.10 Å². The minimum Gasteiger partial charge on any atom is -0.394 e. The Bertz CT molecular complexity index is 552. The largest absolute Gasteiger partial charge is 0.394 e. The third kappa shape index (κ3) is 1.71. The lowest BCUT2D eigenvalue weighted by molar-refractivity contribution is 0.0955. The molecule has 2 N–H and O–H groups in total. The van der Waals surface area contributed by atoms with Crippen LogP contribution in [0.5, 0.6) is 0 Å². The number of aromatic nitrogens is 4. The lowest BCUT2D eigenvalue weighted by Crippen LogP contribution is -2.15. The zero-order valence-electron chi connectivity index (χ0n) is 9.11. The molecule has 0 bridgehead atoms. The average molecular weight is 232 g/mol. The van der Waals surface area contributed by atoms with Gasteiger partial charge in [0.2, 0.25) is 0 Å². The van der Waals surface area contributed by atoms with Gasteiger partial charge in [0.25, 0.3) is 0 Å². The molecule has 0 radical (unpaired) electrons. The topological polar surface area (TPSA) is 84.1 Å². The summed E-state index contributed by atoms with van der Waals surface area (Å²) in [6, 6.07) is 5.91. The first-order chi connectivity index (χ1) is 8.28. The molecule has 0 aliphatic carbocycles. The number of hydrogen-bond donors (Lipinski definition) is 2. The molecular weight excluding hydrogens is 220 g/mol. The SMILES string of the molecule is OCC(O)Cc1ccc2c(c1)Cn1nnnc1-2. The Morgan fingerprint density at radius 1 is 1.41 bits per heavy atom. The van der Waals surface area contributed by atoms with Gasteiger partial charge in [-0.05, 0) is 21.6 Å². The summed E-state index contributed by atoms with van der Waals surface area (Å²) < 4.78 is 1.75. The Balaban J connectivity index is 1.91. The van der Waals surface area contributed by atoms with Crippen molar-refractivity contribution in [2.24, 2.45) is 0 Å². The van der Waals surface area contributed by atoms with E-state index in [1.54, 1.807) is 4.68 Å². The maximum absolute atomic E-state index is 9.40. The second-order valence-corrected chi connectivity index (χ2v) is 4.19. The highest BCUT2D eigenvalue weighted by Gasteiger charge is 2.21. The Kier molecular flexibility index (Phi) is 2.38. The summed E-state index contributed by atoms with van der Waals surface area (Å²) in [6.07, 6.45) is -0.246. The van der Waals surface area contributed by atoms with Crippen LogP contribution in [0.1, 0.15) is 11.1 Å². The van der Waals surface area contributed by atoms with Crippen molar-refractivity contribution in [3.63, 3.8) is 0 Å². The molecule has 3 rings (SSSR count). The predicted molar refractivity (Wildman–Crippen MR) is 59.2 cm³/mol. The summed E-state index contributed by atoms with van der Waals surface area (Å²) in [7, 11) is 0. The molecule has 0 amide bonds. The maximum Gasteiger partial charge on any atom is 0.182 e. The summed E-state index contributed by atoms with van der Waals surface area (Å²) in [5.41, 5.74) is 3.17. The molecule has 1 atom stereocenters. The van der Waals surface area contributed by atoms with Gasteiger partial charge in [-0.25, -0.2) is 4.68 Å². The highest BCUT2D eigenvalue weighted by molar-refractivity contribution is 5.64. The minimum absolute atomic E-state index is 0.218. The Hall–Kier alpha value is -1.79. The van der Waals surface area contributed by atoms with E-state index in [4.69, 9.17) is 5.11 Å². The number of aliphatic hydroxyl groups excluding tert-OH is 2. The quantitative estimate of drug-likeness (QED) is 0.641. The molecule has 1 aliphatic heterocycles. The molecule has 1 aromatic carbocycles. The first-order valence-corrected chi connectivity index (χ1v) is 5.45. The van der Waals surface area contributed by atoms with Gasteiger partial charge >= 0.3 is 0 Å². The number of nitrogens with zero attached hydrogens (tertiary/aromatic N) is 4. The highest BCUT2D eigenvalue weighted by Crippen LogP contribution is 2.29. The van der Waals surface area contributed by atoms with Gasteiger partial charge in [0.15, 0.2) is 5.82 Å². The van der Waals surface area contributed by atoms with E-state index in [9.17, 15) is 5.11 Å². The Morgan fingerprint density at radius 3 is 3.12 bits per heavy atom. The summed E-state index contributed by atoms with van der Waals surface area (Å²) in [4.78, 5) is 0. The molecule has 0 saturated heterocycles. The van der Waals surface area contributed by atoms with Crippen LogP contribution < -0.4 is 0 Å². The molecule has 17 heavy (non-hydrogen) atoms. The molecule has 1 unspecified atom stereocenters. The second kappa shape index (κ2) is 3.90. The molecule has 0 fully saturated rings. The summed E-state index contributed by atoms with van der Waals surface area (Å²) in [5.74, 6) is 0.786. The zero-order chi connectivity index (χ0) is 11.8. The van der Waals surface area contributed by atoms with Crippen LogP contribution in [0.25, 0.3) is 11.4 Å². The van der Waals surface area contributed by atoms with Crippen LogP contribution in [-0.4, -0.2) is 43.1 Å². The van der Waals surface area contributed by atoms with Crippen LogP contribution >= 0.6 is 0 Å². The van der Waals surface area contributed by atoms with Crippen molar-refractivity contribution in [2.75, 3.05) is 6.61 Å². The van der Waals surface area contributed by atoms with E-state index >= 15 is 0 Å². The van der Waals surface area contributed by atoms with Crippen LogP contribution in [0, 0.1) is 0 Å². The molecule has 2 heterocycles. The first kappa shape index (κ1) is 10.4. The zero-order valence-corrected chi connectivity index (χ0v) is 9.11. The first-order valence-electron chi connectivity index (χ1n) is 5.45. The number of benzene rings is 1. The Labute approximate surface area is 97.5 Å². The molecule has 1 aliphatic rings. The van der Waals surface area contributed by atoms with Gasteiger partial charge in [-0.2, -0.15) is 0 Å². The number of tetrazole rings is 1. The van der Waals surface area contributed by atoms with E-state index in [1.807, 2.05) is 18.2 Å². The van der Waals surface area contributed by atoms with E-state index in [2.05, 4.69) is 15.5 Å². The lowest BCUT2D eigenvalue weighted by atomic mass is 10.0. The van der Waals surface area contributed by atoms with Gasteiger partial charge in [0.05, 0.1) is 19.3 Å². The average Bonchev–Trinajstić information content (AvgIpc) is 2.88. The van der Waals surface area contributed by atoms with Gasteiger partial charge in [0, 0.05) is 12.0 Å². The molecule has 6 nitrogen and oxygen atoms in total. The van der Waals surface area contributed by atoms with E-state index in [0.717, 1.165) is 22.5 Å². The predicted octanol–water partition coefficient (Wildman–Crippen LogP) is -0.403. The van der Waals surface area contributed by atoms with Crippen molar-refractivity contribution in [2.45, 2.75) is 19.1 Å². The molecule has 2 aromatic rings. The molecule has 1 aromatic heterocycles. The molecule has 6 heteroatoms. The van der Waals surface area contributed by atoms with Gasteiger partial charge in [0.1, 0.15) is 0 Å². The van der Waals surface area contributed by atoms with Gasteiger partial charge < -0.3 is 10.2 Å². The monoisotopic (exact) mass is 232 g/mol. The highest BCUT2D eigenvalue weighted by atomic mass is 16.3. The fourth-order valence-electron chi connectivity index (χ4n) is 2.13. The lowest BCUT2D eigenvalue weighted by Gasteiger charge is -2.08. The van der Waals surface area contributed by atoms with E-state index in [-0.39, 0.29) is 6.61 Å². The number of fused-ring (bicyclic) bond motifs is 3. The standard InChI is InChI=1S/C11H12N4O2/c16-6-9(17)4-7-1-2-10-8(3-7)5-15-11(10)12-13-14-15/h1-3,9,16-17H,4-6H2. The maximum atomic E-state index is 9.40. The van der Waals surface area contributed by atoms with Crippen molar-refractivity contribution in [1.82, 2.24) is 20.2 Å². The number of rotatable bonds is 3. The van der Waals surface area contributed by atoms with Gasteiger partial charge in [-0.1, -0.05) is 18.2 Å². The fourth-order valence-corrected chi connectivity index (χ4v) is 2.13. The van der Waals surface area contributed by atoms with E-state index < -0.39 is 6.10 Å². The van der Waals surface area contributed by atoms with E-state index in [1.165, 1.54) is 0 Å². The van der Waals surface area contributed by atoms with Crippen molar-refractivity contribution < 1.29 is 10.2 Å². The normalized spacial score (nSPS) is 14.5. The minimum atomic E-state index is -0.703. The van der Waals surface area contributed by atoms with Gasteiger partial charge in [-0.3, -0.25) is 0 Å². The molecular formula is C11H12N4O2. The van der Waals surface area contributed by atoms with Crippen molar-refractivity contribution in [3.05, 3.63) is 29.3 Å². The van der Waals surface area contributed by atoms with Crippen molar-refractivity contribution in [1.29, 1.82) is 0 Å². The molecule has 0 spiro atoms. The van der Waals surface area contributed by atoms with Crippen molar-refractivity contribution in [3.8, 4) is 11.4 Å². The molecule has 0 saturated carbocycles. The second-order valence-electron chi connectivity index (χ2n) is 4.19. The Morgan fingerprint density at radius 2 is 2.29 bits per heavy atom. The molecule has 88 valence electrons. The third-order valence-corrected chi connectivity index (χ3v) is 2.94. The fraction of sp³-hybridized carbons (Fsp3) is 0.364. The third-order valence-electron chi connectivity index (χ3n) is 2.94. The van der Waals surface area contributed by atoms with Crippen molar-refractivity contribution >= 4 is 0 Å². The van der Waals surface area contributed by atoms with Crippen LogP contribution in [0.3, 0.4) is 0 Å².